The van der Waals surface area contributed by atoms with E-state index in [0.717, 1.165) is 10.9 Å². The van der Waals surface area contributed by atoms with Crippen LogP contribution in [0.1, 0.15) is 23.7 Å². The molecule has 3 rings (SSSR count). The molecule has 1 aromatic heterocycles. The van der Waals surface area contributed by atoms with Gasteiger partial charge in [-0.25, -0.2) is 0 Å². The zero-order valence-corrected chi connectivity index (χ0v) is 15.4. The second-order valence-electron chi connectivity index (χ2n) is 6.66. The van der Waals surface area contributed by atoms with Gasteiger partial charge in [0.05, 0.1) is 6.42 Å². The predicted molar refractivity (Wildman–Crippen MR) is 95.0 cm³/mol. The second-order valence-corrected chi connectivity index (χ2v) is 6.66. The summed E-state index contributed by atoms with van der Waals surface area (Å²) in [7, 11) is 0. The van der Waals surface area contributed by atoms with Gasteiger partial charge in [-0.1, -0.05) is 18.2 Å². The highest BCUT2D eigenvalue weighted by Crippen LogP contribution is 2.47. The minimum atomic E-state index is -6.64. The zero-order valence-electron chi connectivity index (χ0n) is 15.4. The van der Waals surface area contributed by atoms with Crippen molar-refractivity contribution in [2.45, 2.75) is 37.9 Å². The SMILES string of the molecule is CCn1c2ccccc2c2cc(C(=O)CC(=O)C(F)(F)C(F)(F)C(F)(F)F)ccc21. The summed E-state index contributed by atoms with van der Waals surface area (Å²) in [6.07, 6.45) is -8.44. The van der Waals surface area contributed by atoms with E-state index in [0.29, 0.717) is 17.4 Å². The summed E-state index contributed by atoms with van der Waals surface area (Å²) in [6, 6.07) is 11.1. The van der Waals surface area contributed by atoms with E-state index in [9.17, 15) is 40.3 Å². The molecule has 10 heteroatoms. The van der Waals surface area contributed by atoms with E-state index >= 15 is 0 Å². The Bertz CT molecular complexity index is 1150. The summed E-state index contributed by atoms with van der Waals surface area (Å²) in [4.78, 5) is 23.8. The smallest absolute Gasteiger partial charge is 0.341 e. The fourth-order valence-corrected chi connectivity index (χ4v) is 3.28. The molecule has 0 aliphatic rings. The molecule has 2 aromatic carbocycles. The molecule has 0 unspecified atom stereocenters. The molecule has 0 saturated carbocycles. The van der Waals surface area contributed by atoms with Crippen LogP contribution in [0, 0.1) is 0 Å². The molecule has 160 valence electrons. The Balaban J connectivity index is 1.96. The number of carbonyl (C=O) groups excluding carboxylic acids is 2. The van der Waals surface area contributed by atoms with Crippen molar-refractivity contribution in [1.82, 2.24) is 4.57 Å². The molecule has 30 heavy (non-hydrogen) atoms. The van der Waals surface area contributed by atoms with Crippen molar-refractivity contribution in [3.05, 3.63) is 48.0 Å². The predicted octanol–water partition coefficient (Wildman–Crippen LogP) is 5.79. The first-order valence-corrected chi connectivity index (χ1v) is 8.72. The molecule has 0 bridgehead atoms. The number of nitrogens with zero attached hydrogens (tertiary/aromatic N) is 1. The monoisotopic (exact) mass is 433 g/mol. The molecule has 0 radical (unpaired) electrons. The van der Waals surface area contributed by atoms with Gasteiger partial charge < -0.3 is 4.57 Å². The third kappa shape index (κ3) is 3.23. The molecule has 3 nitrogen and oxygen atoms in total. The summed E-state index contributed by atoms with van der Waals surface area (Å²) in [5.41, 5.74) is 1.28. The Labute approximate surface area is 165 Å². The van der Waals surface area contributed by atoms with Gasteiger partial charge in [0.2, 0.25) is 5.78 Å². The number of alkyl halides is 7. The van der Waals surface area contributed by atoms with E-state index in [2.05, 4.69) is 0 Å². The number of fused-ring (bicyclic) bond motifs is 3. The van der Waals surface area contributed by atoms with Crippen LogP contribution in [-0.4, -0.2) is 34.2 Å². The molecule has 0 aliphatic heterocycles. The number of para-hydroxylation sites is 1. The highest BCUT2D eigenvalue weighted by atomic mass is 19.4. The number of Topliss-reactive ketones (excluding diaryl/α,β-unsaturated/α-hetero) is 2. The minimum Gasteiger partial charge on any atom is -0.341 e. The third-order valence-corrected chi connectivity index (χ3v) is 4.83. The molecule has 0 aliphatic carbocycles. The van der Waals surface area contributed by atoms with Gasteiger partial charge in [0, 0.05) is 33.9 Å². The van der Waals surface area contributed by atoms with Crippen molar-refractivity contribution in [2.24, 2.45) is 0 Å². The van der Waals surface area contributed by atoms with Crippen LogP contribution in [0.2, 0.25) is 0 Å². The Kier molecular flexibility index (Phi) is 5.16. The first-order valence-electron chi connectivity index (χ1n) is 8.72. The van der Waals surface area contributed by atoms with Gasteiger partial charge in [0.25, 0.3) is 0 Å². The fraction of sp³-hybridized carbons (Fsp3) is 0.300. The number of halogens is 7. The lowest BCUT2D eigenvalue weighted by Crippen LogP contribution is -2.56. The van der Waals surface area contributed by atoms with Gasteiger partial charge in [0.15, 0.2) is 5.78 Å². The van der Waals surface area contributed by atoms with Gasteiger partial charge in [-0.3, -0.25) is 9.59 Å². The maximum absolute atomic E-state index is 13.5. The summed E-state index contributed by atoms with van der Waals surface area (Å²) in [5, 5.41) is 1.28. The van der Waals surface area contributed by atoms with Crippen molar-refractivity contribution in [2.75, 3.05) is 0 Å². The van der Waals surface area contributed by atoms with Gasteiger partial charge in [-0.15, -0.1) is 0 Å². The van der Waals surface area contributed by atoms with Gasteiger partial charge >= 0.3 is 18.0 Å². The lowest BCUT2D eigenvalue weighted by Gasteiger charge is -2.26. The van der Waals surface area contributed by atoms with Crippen molar-refractivity contribution in [3.63, 3.8) is 0 Å². The number of ketones is 2. The van der Waals surface area contributed by atoms with Crippen molar-refractivity contribution in [1.29, 1.82) is 0 Å². The molecule has 0 saturated heterocycles. The van der Waals surface area contributed by atoms with Crippen LogP contribution >= 0.6 is 0 Å². The number of hydrogen-bond acceptors (Lipinski definition) is 2. The van der Waals surface area contributed by atoms with Crippen LogP contribution in [0.5, 0.6) is 0 Å². The maximum Gasteiger partial charge on any atom is 0.460 e. The average molecular weight is 433 g/mol. The van der Waals surface area contributed by atoms with Gasteiger partial charge in [-0.05, 0) is 31.2 Å². The average Bonchev–Trinajstić information content (AvgIpc) is 2.99. The van der Waals surface area contributed by atoms with Crippen LogP contribution in [0.4, 0.5) is 30.7 Å². The van der Waals surface area contributed by atoms with Crippen molar-refractivity contribution >= 4 is 33.4 Å². The first-order chi connectivity index (χ1) is 13.8. The zero-order chi connectivity index (χ0) is 22.5. The number of benzene rings is 2. The number of aromatic nitrogens is 1. The quantitative estimate of drug-likeness (QED) is 0.281. The molecule has 1 heterocycles. The third-order valence-electron chi connectivity index (χ3n) is 4.83. The molecule has 3 aromatic rings. The standard InChI is InChI=1S/C20H14F7NO2/c1-2-28-14-6-4-3-5-12(14)13-9-11(7-8-15(13)28)16(29)10-17(30)18(21,22)19(23,24)20(25,26)27/h3-9H,2,10H2,1H3. The number of aryl methyl sites for hydroxylation is 1. The van der Waals surface area contributed by atoms with Crippen molar-refractivity contribution in [3.8, 4) is 0 Å². The van der Waals surface area contributed by atoms with Gasteiger partial charge in [0.1, 0.15) is 0 Å². The van der Waals surface area contributed by atoms with E-state index in [4.69, 9.17) is 0 Å². The molecule has 0 atom stereocenters. The van der Waals surface area contributed by atoms with Crippen LogP contribution in [0.15, 0.2) is 42.5 Å². The van der Waals surface area contributed by atoms with E-state index < -0.39 is 36.0 Å². The normalized spacial score (nSPS) is 13.2. The van der Waals surface area contributed by atoms with Crippen LogP contribution in [0.25, 0.3) is 21.8 Å². The Morgan fingerprint density at radius 3 is 2.07 bits per heavy atom. The summed E-state index contributed by atoms with van der Waals surface area (Å²) < 4.78 is 91.7. The Hall–Kier alpha value is -2.91. The molecular formula is C20H14F7NO2. The number of hydrogen-bond donors (Lipinski definition) is 0. The van der Waals surface area contributed by atoms with Crippen LogP contribution in [0.3, 0.4) is 0 Å². The first kappa shape index (κ1) is 21.8. The van der Waals surface area contributed by atoms with Gasteiger partial charge in [-0.2, -0.15) is 30.7 Å². The van der Waals surface area contributed by atoms with E-state index in [1.54, 1.807) is 18.2 Å². The highest BCUT2D eigenvalue weighted by Gasteiger charge is 2.75. The topological polar surface area (TPSA) is 39.1 Å². The largest absolute Gasteiger partial charge is 0.460 e. The maximum atomic E-state index is 13.5. The highest BCUT2D eigenvalue weighted by molar-refractivity contribution is 6.14. The molecule has 0 N–H and O–H groups in total. The number of carbonyl (C=O) groups is 2. The van der Waals surface area contributed by atoms with E-state index in [1.165, 1.54) is 18.2 Å². The van der Waals surface area contributed by atoms with Crippen LogP contribution < -0.4 is 0 Å². The van der Waals surface area contributed by atoms with Crippen LogP contribution in [-0.2, 0) is 11.3 Å². The molecular weight excluding hydrogens is 419 g/mol. The lowest BCUT2D eigenvalue weighted by molar-refractivity contribution is -0.343. The van der Waals surface area contributed by atoms with E-state index in [1.807, 2.05) is 17.6 Å². The molecule has 0 amide bonds. The minimum absolute atomic E-state index is 0.249. The summed E-state index contributed by atoms with van der Waals surface area (Å²) >= 11 is 0. The number of rotatable bonds is 6. The molecule has 0 fully saturated rings. The lowest BCUT2D eigenvalue weighted by atomic mass is 9.98. The van der Waals surface area contributed by atoms with E-state index in [-0.39, 0.29) is 5.56 Å². The Morgan fingerprint density at radius 1 is 0.867 bits per heavy atom. The van der Waals surface area contributed by atoms with Crippen molar-refractivity contribution < 1.29 is 40.3 Å². The Morgan fingerprint density at radius 2 is 1.47 bits per heavy atom. The summed E-state index contributed by atoms with van der Waals surface area (Å²) in [6.45, 7) is 2.46. The molecule has 0 spiro atoms. The second kappa shape index (κ2) is 7.10. The summed E-state index contributed by atoms with van der Waals surface area (Å²) in [5.74, 6) is -16.7. The fourth-order valence-electron chi connectivity index (χ4n) is 3.28.